The van der Waals surface area contributed by atoms with Crippen LogP contribution < -0.4 is 0 Å². The number of rotatable bonds is 2. The third kappa shape index (κ3) is 2.08. The van der Waals surface area contributed by atoms with Crippen molar-refractivity contribution in [2.24, 2.45) is 5.10 Å². The van der Waals surface area contributed by atoms with E-state index in [9.17, 15) is 0 Å². The van der Waals surface area contributed by atoms with Crippen LogP contribution in [0.5, 0.6) is 0 Å². The van der Waals surface area contributed by atoms with Crippen molar-refractivity contribution in [2.75, 3.05) is 12.3 Å². The molecule has 11 heavy (non-hydrogen) atoms. The van der Waals surface area contributed by atoms with E-state index < -0.39 is 0 Å². The van der Waals surface area contributed by atoms with Crippen LogP contribution in [-0.2, 0) is 0 Å². The van der Waals surface area contributed by atoms with Crippen molar-refractivity contribution in [3.05, 3.63) is 12.7 Å². The molecular weight excluding hydrogens is 158 g/mol. The van der Waals surface area contributed by atoms with E-state index in [1.54, 1.807) is 11.1 Å². The molecule has 0 unspecified atom stereocenters. The molecule has 0 fully saturated rings. The summed E-state index contributed by atoms with van der Waals surface area (Å²) in [5.41, 5.74) is 1.06. The second-order valence-corrected chi connectivity index (χ2v) is 3.26. The lowest BCUT2D eigenvalue weighted by molar-refractivity contribution is 0.499. The minimum atomic E-state index is 0.510. The quantitative estimate of drug-likeness (QED) is 0.637. The van der Waals surface area contributed by atoms with Gasteiger partial charge in [-0.3, -0.25) is 5.41 Å². The minimum Gasteiger partial charge on any atom is -0.277 e. The van der Waals surface area contributed by atoms with Crippen LogP contribution >= 0.6 is 11.8 Å². The zero-order chi connectivity index (χ0) is 8.27. The van der Waals surface area contributed by atoms with Gasteiger partial charge in [0.25, 0.3) is 0 Å². The fourth-order valence-corrected chi connectivity index (χ4v) is 1.44. The molecule has 0 aromatic rings. The molecule has 0 bridgehead atoms. The summed E-state index contributed by atoms with van der Waals surface area (Å²) in [7, 11) is 0. The summed E-state index contributed by atoms with van der Waals surface area (Å²) in [6.45, 7) is 6.19. The lowest BCUT2D eigenvalue weighted by atomic mass is 10.5. The lowest BCUT2D eigenvalue weighted by Crippen LogP contribution is -2.28. The van der Waals surface area contributed by atoms with Gasteiger partial charge in [0.05, 0.1) is 6.54 Å². The number of nitrogens with zero attached hydrogens (tertiary/aromatic N) is 2. The van der Waals surface area contributed by atoms with E-state index in [0.29, 0.717) is 11.7 Å². The zero-order valence-electron chi connectivity index (χ0n) is 6.50. The maximum absolute atomic E-state index is 7.47. The van der Waals surface area contributed by atoms with Crippen LogP contribution in [0, 0.1) is 5.41 Å². The Morgan fingerprint density at radius 1 is 1.91 bits per heavy atom. The molecule has 1 aliphatic heterocycles. The lowest BCUT2D eigenvalue weighted by Gasteiger charge is -2.22. The Kier molecular flexibility index (Phi) is 2.70. The van der Waals surface area contributed by atoms with Gasteiger partial charge in [-0.2, -0.15) is 5.10 Å². The standard InChI is InChI=1S/C7H11N3S/c1-3-4-10-7(8)11-5-6(2)9-10/h3,8H,1,4-5H2,2H3. The Morgan fingerprint density at radius 3 is 3.27 bits per heavy atom. The predicted octanol–water partition coefficient (Wildman–Crippen LogP) is 1.53. The average molecular weight is 169 g/mol. The SMILES string of the molecule is C=CCN1N=C(C)CSC1=N. The molecule has 0 saturated carbocycles. The fourth-order valence-electron chi connectivity index (χ4n) is 0.774. The third-order valence-electron chi connectivity index (χ3n) is 1.25. The Bertz CT molecular complexity index is 210. The maximum Gasteiger partial charge on any atom is 0.177 e. The molecule has 0 aromatic heterocycles. The van der Waals surface area contributed by atoms with Crippen LogP contribution in [-0.4, -0.2) is 28.2 Å². The van der Waals surface area contributed by atoms with Gasteiger partial charge in [0, 0.05) is 11.5 Å². The number of nitrogens with one attached hydrogen (secondary N) is 1. The van der Waals surface area contributed by atoms with Gasteiger partial charge >= 0.3 is 0 Å². The number of hydrogen-bond acceptors (Lipinski definition) is 3. The molecule has 0 amide bonds. The normalized spacial score (nSPS) is 18.1. The van der Waals surface area contributed by atoms with Crippen molar-refractivity contribution in [1.82, 2.24) is 5.01 Å². The molecule has 1 rings (SSSR count). The Morgan fingerprint density at radius 2 is 2.64 bits per heavy atom. The summed E-state index contributed by atoms with van der Waals surface area (Å²) in [5, 5.41) is 13.8. The molecule has 0 spiro atoms. The number of hydrogen-bond donors (Lipinski definition) is 1. The fraction of sp³-hybridized carbons (Fsp3) is 0.429. The maximum atomic E-state index is 7.47. The Labute approximate surface area is 70.7 Å². The molecule has 0 aromatic carbocycles. The van der Waals surface area contributed by atoms with E-state index in [4.69, 9.17) is 5.41 Å². The number of hydrazone groups is 1. The van der Waals surface area contributed by atoms with Gasteiger partial charge in [-0.05, 0) is 6.92 Å². The van der Waals surface area contributed by atoms with Crippen LogP contribution in [0.1, 0.15) is 6.92 Å². The molecular formula is C7H11N3S. The van der Waals surface area contributed by atoms with Crippen molar-refractivity contribution < 1.29 is 0 Å². The van der Waals surface area contributed by atoms with Gasteiger partial charge in [-0.25, -0.2) is 5.01 Å². The summed E-state index contributed by atoms with van der Waals surface area (Å²) in [5.74, 6) is 0.840. The van der Waals surface area contributed by atoms with Crippen molar-refractivity contribution >= 4 is 22.6 Å². The Balaban J connectivity index is 2.66. The summed E-state index contributed by atoms with van der Waals surface area (Å²) in [6.07, 6.45) is 1.75. The van der Waals surface area contributed by atoms with Crippen LogP contribution in [0.3, 0.4) is 0 Å². The van der Waals surface area contributed by atoms with Gasteiger partial charge < -0.3 is 0 Å². The van der Waals surface area contributed by atoms with E-state index in [2.05, 4.69) is 11.7 Å². The van der Waals surface area contributed by atoms with Crippen molar-refractivity contribution in [3.63, 3.8) is 0 Å². The van der Waals surface area contributed by atoms with E-state index in [0.717, 1.165) is 11.5 Å². The van der Waals surface area contributed by atoms with Crippen LogP contribution in [0.15, 0.2) is 17.8 Å². The van der Waals surface area contributed by atoms with Gasteiger partial charge in [-0.15, -0.1) is 6.58 Å². The molecule has 1 N–H and O–H groups in total. The minimum absolute atomic E-state index is 0.510. The summed E-state index contributed by atoms with van der Waals surface area (Å²) in [6, 6.07) is 0. The number of thioether (sulfide) groups is 1. The molecule has 0 saturated heterocycles. The first-order valence-corrected chi connectivity index (χ1v) is 4.36. The molecule has 0 radical (unpaired) electrons. The first-order chi connectivity index (χ1) is 5.24. The van der Waals surface area contributed by atoms with Crippen molar-refractivity contribution in [3.8, 4) is 0 Å². The zero-order valence-corrected chi connectivity index (χ0v) is 7.32. The number of amidine groups is 1. The van der Waals surface area contributed by atoms with E-state index in [1.165, 1.54) is 11.8 Å². The molecule has 4 heteroatoms. The smallest absolute Gasteiger partial charge is 0.177 e. The Hall–Kier alpha value is -0.770. The molecule has 0 atom stereocenters. The van der Waals surface area contributed by atoms with E-state index in [1.807, 2.05) is 6.92 Å². The average Bonchev–Trinajstić information content (AvgIpc) is 1.98. The first-order valence-electron chi connectivity index (χ1n) is 3.38. The van der Waals surface area contributed by atoms with E-state index >= 15 is 0 Å². The summed E-state index contributed by atoms with van der Waals surface area (Å²) in [4.78, 5) is 0. The van der Waals surface area contributed by atoms with Gasteiger partial charge in [-0.1, -0.05) is 17.8 Å². The topological polar surface area (TPSA) is 39.5 Å². The molecule has 1 aliphatic rings. The molecule has 3 nitrogen and oxygen atoms in total. The first kappa shape index (κ1) is 8.33. The van der Waals surface area contributed by atoms with E-state index in [-0.39, 0.29) is 0 Å². The second kappa shape index (κ2) is 3.57. The van der Waals surface area contributed by atoms with Crippen LogP contribution in [0.2, 0.25) is 0 Å². The monoisotopic (exact) mass is 169 g/mol. The van der Waals surface area contributed by atoms with Gasteiger partial charge in [0.15, 0.2) is 5.17 Å². The molecule has 60 valence electrons. The summed E-state index contributed by atoms with van der Waals surface area (Å²) < 4.78 is 0. The van der Waals surface area contributed by atoms with Crippen molar-refractivity contribution in [2.45, 2.75) is 6.92 Å². The highest BCUT2D eigenvalue weighted by Gasteiger charge is 2.13. The largest absolute Gasteiger partial charge is 0.277 e. The van der Waals surface area contributed by atoms with Gasteiger partial charge in [0.2, 0.25) is 0 Å². The highest BCUT2D eigenvalue weighted by molar-refractivity contribution is 8.14. The highest BCUT2D eigenvalue weighted by atomic mass is 32.2. The van der Waals surface area contributed by atoms with Gasteiger partial charge in [0.1, 0.15) is 0 Å². The van der Waals surface area contributed by atoms with Crippen LogP contribution in [0.4, 0.5) is 0 Å². The molecule has 1 heterocycles. The van der Waals surface area contributed by atoms with Crippen molar-refractivity contribution in [1.29, 1.82) is 5.41 Å². The predicted molar refractivity (Wildman–Crippen MR) is 50.2 cm³/mol. The highest BCUT2D eigenvalue weighted by Crippen LogP contribution is 2.13. The summed E-state index contributed by atoms with van der Waals surface area (Å²) >= 11 is 1.50. The second-order valence-electron chi connectivity index (χ2n) is 2.30. The third-order valence-corrected chi connectivity index (χ3v) is 2.29. The van der Waals surface area contributed by atoms with Crippen LogP contribution in [0.25, 0.3) is 0 Å². The molecule has 0 aliphatic carbocycles.